The minimum Gasteiger partial charge on any atom is -0.310 e. The molecule has 0 aliphatic heterocycles. The predicted octanol–water partition coefficient (Wildman–Crippen LogP) is 4.03. The molecule has 1 unspecified atom stereocenters. The first kappa shape index (κ1) is 12.3. The van der Waals surface area contributed by atoms with E-state index in [1.807, 2.05) is 11.3 Å². The molecule has 0 saturated carbocycles. The van der Waals surface area contributed by atoms with E-state index in [0.717, 1.165) is 13.0 Å². The molecule has 1 heterocycles. The number of hydrogen-bond donors (Lipinski definition) is 1. The van der Waals surface area contributed by atoms with Crippen LogP contribution < -0.4 is 5.32 Å². The van der Waals surface area contributed by atoms with E-state index in [9.17, 15) is 0 Å². The van der Waals surface area contributed by atoms with Crippen molar-refractivity contribution in [3.63, 3.8) is 0 Å². The van der Waals surface area contributed by atoms with Gasteiger partial charge in [0, 0.05) is 17.3 Å². The van der Waals surface area contributed by atoms with Gasteiger partial charge in [0.25, 0.3) is 0 Å². The van der Waals surface area contributed by atoms with Gasteiger partial charge in [0.2, 0.25) is 0 Å². The topological polar surface area (TPSA) is 12.0 Å². The average molecular weight is 245 g/mol. The maximum atomic E-state index is 3.63. The Morgan fingerprint density at radius 3 is 2.59 bits per heavy atom. The Kier molecular flexibility index (Phi) is 4.77. The van der Waals surface area contributed by atoms with Gasteiger partial charge in [-0.05, 0) is 30.0 Å². The highest BCUT2D eigenvalue weighted by atomic mass is 32.1. The minimum atomic E-state index is 0.440. The lowest BCUT2D eigenvalue weighted by atomic mass is 10.0. The second-order valence-electron chi connectivity index (χ2n) is 4.20. The van der Waals surface area contributed by atoms with Crippen molar-refractivity contribution in [1.29, 1.82) is 0 Å². The van der Waals surface area contributed by atoms with Crippen molar-refractivity contribution in [2.75, 3.05) is 6.54 Å². The zero-order chi connectivity index (χ0) is 11.9. The van der Waals surface area contributed by atoms with Crippen LogP contribution in [0.15, 0.2) is 47.8 Å². The first-order valence-corrected chi connectivity index (χ1v) is 7.09. The van der Waals surface area contributed by atoms with Crippen molar-refractivity contribution in [3.05, 3.63) is 58.3 Å². The molecule has 0 fully saturated rings. The molecule has 1 N–H and O–H groups in total. The highest BCUT2D eigenvalue weighted by Crippen LogP contribution is 2.21. The van der Waals surface area contributed by atoms with Crippen LogP contribution in [0.1, 0.15) is 29.8 Å². The highest BCUT2D eigenvalue weighted by Gasteiger charge is 2.11. The van der Waals surface area contributed by atoms with Crippen molar-refractivity contribution in [2.45, 2.75) is 25.8 Å². The molecule has 2 aromatic rings. The molecule has 2 rings (SSSR count). The summed E-state index contributed by atoms with van der Waals surface area (Å²) in [5, 5.41) is 5.78. The van der Waals surface area contributed by atoms with E-state index in [1.54, 1.807) is 0 Å². The molecule has 0 radical (unpaired) electrons. The third-order valence-electron chi connectivity index (χ3n) is 2.83. The van der Waals surface area contributed by atoms with E-state index in [2.05, 4.69) is 60.1 Å². The van der Waals surface area contributed by atoms with Crippen LogP contribution in [0.3, 0.4) is 0 Å². The third kappa shape index (κ3) is 3.69. The highest BCUT2D eigenvalue weighted by molar-refractivity contribution is 7.09. The van der Waals surface area contributed by atoms with Crippen LogP contribution in [0.4, 0.5) is 0 Å². The normalized spacial score (nSPS) is 12.5. The maximum absolute atomic E-state index is 3.63. The van der Waals surface area contributed by atoms with Gasteiger partial charge in [-0.15, -0.1) is 11.3 Å². The lowest BCUT2D eigenvalue weighted by Crippen LogP contribution is -2.23. The maximum Gasteiger partial charge on any atom is 0.0368 e. The summed E-state index contributed by atoms with van der Waals surface area (Å²) in [5.41, 5.74) is 1.38. The van der Waals surface area contributed by atoms with E-state index < -0.39 is 0 Å². The zero-order valence-electron chi connectivity index (χ0n) is 10.2. The van der Waals surface area contributed by atoms with Gasteiger partial charge in [-0.25, -0.2) is 0 Å². The standard InChI is InChI=1S/C15H19NS/c1-2-10-16-15(12-14-9-6-11-17-14)13-7-4-3-5-8-13/h3-9,11,15-16H,2,10,12H2,1H3. The molecule has 17 heavy (non-hydrogen) atoms. The van der Waals surface area contributed by atoms with E-state index in [4.69, 9.17) is 0 Å². The Labute approximate surface area is 108 Å². The summed E-state index contributed by atoms with van der Waals surface area (Å²) in [6, 6.07) is 15.5. The summed E-state index contributed by atoms with van der Waals surface area (Å²) in [7, 11) is 0. The molecule has 0 amide bonds. The van der Waals surface area contributed by atoms with Gasteiger partial charge in [-0.2, -0.15) is 0 Å². The molecule has 1 nitrogen and oxygen atoms in total. The summed E-state index contributed by atoms with van der Waals surface area (Å²) < 4.78 is 0. The van der Waals surface area contributed by atoms with Crippen molar-refractivity contribution in [1.82, 2.24) is 5.32 Å². The second-order valence-corrected chi connectivity index (χ2v) is 5.23. The summed E-state index contributed by atoms with van der Waals surface area (Å²) in [6.07, 6.45) is 2.26. The molecule has 1 aromatic heterocycles. The van der Waals surface area contributed by atoms with Crippen LogP contribution in [-0.4, -0.2) is 6.54 Å². The summed E-state index contributed by atoms with van der Waals surface area (Å²) in [4.78, 5) is 1.45. The van der Waals surface area contributed by atoms with Crippen LogP contribution in [0.2, 0.25) is 0 Å². The van der Waals surface area contributed by atoms with Crippen molar-refractivity contribution in [3.8, 4) is 0 Å². The fourth-order valence-electron chi connectivity index (χ4n) is 1.94. The van der Waals surface area contributed by atoms with Crippen molar-refractivity contribution < 1.29 is 0 Å². The van der Waals surface area contributed by atoms with Crippen LogP contribution in [0.25, 0.3) is 0 Å². The monoisotopic (exact) mass is 245 g/mol. The van der Waals surface area contributed by atoms with Crippen molar-refractivity contribution in [2.24, 2.45) is 0 Å². The third-order valence-corrected chi connectivity index (χ3v) is 3.73. The van der Waals surface area contributed by atoms with Gasteiger partial charge < -0.3 is 5.32 Å². The largest absolute Gasteiger partial charge is 0.310 e. The fraction of sp³-hybridized carbons (Fsp3) is 0.333. The number of nitrogens with one attached hydrogen (secondary N) is 1. The Bertz CT molecular complexity index is 408. The van der Waals surface area contributed by atoms with Gasteiger partial charge in [0.1, 0.15) is 0 Å². The number of rotatable bonds is 6. The molecule has 0 aliphatic carbocycles. The first-order chi connectivity index (χ1) is 8.40. The second kappa shape index (κ2) is 6.58. The Balaban J connectivity index is 2.08. The molecule has 0 bridgehead atoms. The van der Waals surface area contributed by atoms with Crippen LogP contribution >= 0.6 is 11.3 Å². The van der Waals surface area contributed by atoms with Crippen LogP contribution in [0.5, 0.6) is 0 Å². The quantitative estimate of drug-likeness (QED) is 0.810. The number of hydrogen-bond acceptors (Lipinski definition) is 2. The predicted molar refractivity (Wildman–Crippen MR) is 75.5 cm³/mol. The van der Waals surface area contributed by atoms with Gasteiger partial charge in [-0.1, -0.05) is 43.3 Å². The summed E-state index contributed by atoms with van der Waals surface area (Å²) in [5.74, 6) is 0. The van der Waals surface area contributed by atoms with E-state index in [0.29, 0.717) is 6.04 Å². The Hall–Kier alpha value is -1.12. The van der Waals surface area contributed by atoms with Crippen LogP contribution in [0, 0.1) is 0 Å². The summed E-state index contributed by atoms with van der Waals surface area (Å²) in [6.45, 7) is 3.28. The van der Waals surface area contributed by atoms with Crippen LogP contribution in [-0.2, 0) is 6.42 Å². The number of thiophene rings is 1. The lowest BCUT2D eigenvalue weighted by Gasteiger charge is -2.18. The Morgan fingerprint density at radius 1 is 1.12 bits per heavy atom. The molecule has 2 heteroatoms. The molecular weight excluding hydrogens is 226 g/mol. The molecule has 1 aromatic carbocycles. The minimum absolute atomic E-state index is 0.440. The van der Waals surface area contributed by atoms with Gasteiger partial charge in [0.15, 0.2) is 0 Å². The fourth-order valence-corrected chi connectivity index (χ4v) is 2.69. The lowest BCUT2D eigenvalue weighted by molar-refractivity contribution is 0.532. The van der Waals surface area contributed by atoms with Gasteiger partial charge in [-0.3, -0.25) is 0 Å². The number of benzene rings is 1. The molecule has 0 spiro atoms. The van der Waals surface area contributed by atoms with Gasteiger partial charge >= 0.3 is 0 Å². The average Bonchev–Trinajstić information content (AvgIpc) is 2.88. The van der Waals surface area contributed by atoms with E-state index in [-0.39, 0.29) is 0 Å². The van der Waals surface area contributed by atoms with Crippen molar-refractivity contribution >= 4 is 11.3 Å². The molecule has 90 valence electrons. The first-order valence-electron chi connectivity index (χ1n) is 6.21. The summed E-state index contributed by atoms with van der Waals surface area (Å²) >= 11 is 1.84. The van der Waals surface area contributed by atoms with E-state index in [1.165, 1.54) is 16.9 Å². The molecule has 0 saturated heterocycles. The smallest absolute Gasteiger partial charge is 0.0368 e. The SMILES string of the molecule is CCCNC(Cc1cccs1)c1ccccc1. The Morgan fingerprint density at radius 2 is 1.94 bits per heavy atom. The zero-order valence-corrected chi connectivity index (χ0v) is 11.0. The molecular formula is C15H19NS. The molecule has 1 atom stereocenters. The molecule has 0 aliphatic rings. The van der Waals surface area contributed by atoms with Gasteiger partial charge in [0.05, 0.1) is 0 Å². The van der Waals surface area contributed by atoms with E-state index >= 15 is 0 Å².